The first-order chi connectivity index (χ1) is 11.3. The molecular formula is C20H34N2O. The molecule has 0 aliphatic heterocycles. The molecule has 0 N–H and O–H groups in total. The Balaban J connectivity index is 1.71. The van der Waals surface area contributed by atoms with Gasteiger partial charge in [0.2, 0.25) is 5.88 Å². The van der Waals surface area contributed by atoms with Crippen molar-refractivity contribution in [2.75, 3.05) is 6.61 Å². The van der Waals surface area contributed by atoms with Crippen LogP contribution in [0.25, 0.3) is 0 Å². The first kappa shape index (κ1) is 18.2. The molecule has 1 heterocycles. The van der Waals surface area contributed by atoms with Gasteiger partial charge < -0.3 is 4.74 Å². The lowest BCUT2D eigenvalue weighted by Crippen LogP contribution is -2.14. The van der Waals surface area contributed by atoms with Crippen LogP contribution in [0.4, 0.5) is 0 Å². The standard InChI is InChI=1S/C20H34N2O/c1-3-5-7-9-17-10-12-18(13-11-17)19-14-15-20(22-21-19)23-16-8-6-4-2/h14-15,17-18H,3-13,16H2,1-2H3. The van der Waals surface area contributed by atoms with Gasteiger partial charge in [-0.3, -0.25) is 0 Å². The van der Waals surface area contributed by atoms with Gasteiger partial charge in [0.25, 0.3) is 0 Å². The van der Waals surface area contributed by atoms with Crippen LogP contribution in [0.15, 0.2) is 12.1 Å². The molecule has 3 nitrogen and oxygen atoms in total. The molecule has 0 amide bonds. The summed E-state index contributed by atoms with van der Waals surface area (Å²) in [6, 6.07) is 4.13. The summed E-state index contributed by atoms with van der Waals surface area (Å²) in [6.45, 7) is 5.24. The molecule has 0 radical (unpaired) electrons. The second-order valence-electron chi connectivity index (χ2n) is 7.07. The second kappa shape index (κ2) is 10.6. The van der Waals surface area contributed by atoms with Crippen LogP contribution < -0.4 is 4.74 Å². The Morgan fingerprint density at radius 2 is 1.65 bits per heavy atom. The van der Waals surface area contributed by atoms with Crippen molar-refractivity contribution in [2.24, 2.45) is 5.92 Å². The number of nitrogens with zero attached hydrogens (tertiary/aromatic N) is 2. The third-order valence-electron chi connectivity index (χ3n) is 5.14. The largest absolute Gasteiger partial charge is 0.477 e. The fourth-order valence-electron chi connectivity index (χ4n) is 3.58. The SMILES string of the molecule is CCCCCOc1ccc(C2CCC(CCCCC)CC2)nn1. The Hall–Kier alpha value is -1.12. The Bertz CT molecular complexity index is 410. The molecule has 1 fully saturated rings. The fraction of sp³-hybridized carbons (Fsp3) is 0.800. The van der Waals surface area contributed by atoms with E-state index in [2.05, 4.69) is 30.1 Å². The molecule has 0 spiro atoms. The van der Waals surface area contributed by atoms with E-state index in [1.54, 1.807) is 0 Å². The van der Waals surface area contributed by atoms with Gasteiger partial charge in [0, 0.05) is 12.0 Å². The molecule has 23 heavy (non-hydrogen) atoms. The van der Waals surface area contributed by atoms with Crippen LogP contribution in [-0.4, -0.2) is 16.8 Å². The third-order valence-corrected chi connectivity index (χ3v) is 5.14. The molecule has 0 unspecified atom stereocenters. The zero-order valence-corrected chi connectivity index (χ0v) is 15.1. The topological polar surface area (TPSA) is 35.0 Å². The van der Waals surface area contributed by atoms with Crippen LogP contribution in [-0.2, 0) is 0 Å². The molecule has 2 rings (SSSR count). The lowest BCUT2D eigenvalue weighted by molar-refractivity contribution is 0.285. The van der Waals surface area contributed by atoms with E-state index in [9.17, 15) is 0 Å². The van der Waals surface area contributed by atoms with Gasteiger partial charge in [-0.1, -0.05) is 52.4 Å². The van der Waals surface area contributed by atoms with Crippen molar-refractivity contribution in [3.8, 4) is 5.88 Å². The summed E-state index contributed by atoms with van der Waals surface area (Å²) in [5.41, 5.74) is 1.16. The van der Waals surface area contributed by atoms with E-state index in [0.717, 1.165) is 24.6 Å². The molecule has 1 aromatic heterocycles. The van der Waals surface area contributed by atoms with Crippen LogP contribution >= 0.6 is 0 Å². The van der Waals surface area contributed by atoms with E-state index in [1.165, 1.54) is 64.2 Å². The molecule has 0 atom stereocenters. The highest BCUT2D eigenvalue weighted by Gasteiger charge is 2.23. The van der Waals surface area contributed by atoms with Crippen molar-refractivity contribution in [1.82, 2.24) is 10.2 Å². The molecule has 1 saturated carbocycles. The molecule has 1 aromatic rings. The molecule has 0 bridgehead atoms. The Morgan fingerprint density at radius 3 is 2.30 bits per heavy atom. The summed E-state index contributed by atoms with van der Waals surface area (Å²) in [5.74, 6) is 2.24. The number of ether oxygens (including phenoxy) is 1. The molecule has 0 aromatic carbocycles. The van der Waals surface area contributed by atoms with Gasteiger partial charge in [-0.05, 0) is 44.1 Å². The number of aromatic nitrogens is 2. The second-order valence-corrected chi connectivity index (χ2v) is 7.07. The molecule has 3 heteroatoms. The summed E-state index contributed by atoms with van der Waals surface area (Å²) in [5, 5.41) is 8.69. The molecular weight excluding hydrogens is 284 g/mol. The lowest BCUT2D eigenvalue weighted by Gasteiger charge is -2.28. The van der Waals surface area contributed by atoms with Crippen molar-refractivity contribution >= 4 is 0 Å². The Kier molecular flexibility index (Phi) is 8.41. The summed E-state index contributed by atoms with van der Waals surface area (Å²) in [4.78, 5) is 0. The summed E-state index contributed by atoms with van der Waals surface area (Å²) in [6.07, 6.45) is 14.4. The van der Waals surface area contributed by atoms with E-state index in [-0.39, 0.29) is 0 Å². The normalized spacial score (nSPS) is 21.3. The maximum absolute atomic E-state index is 5.65. The smallest absolute Gasteiger partial charge is 0.233 e. The van der Waals surface area contributed by atoms with Crippen LogP contribution in [0.5, 0.6) is 5.88 Å². The third kappa shape index (κ3) is 6.48. The van der Waals surface area contributed by atoms with E-state index in [0.29, 0.717) is 11.8 Å². The summed E-state index contributed by atoms with van der Waals surface area (Å²) >= 11 is 0. The highest BCUT2D eigenvalue weighted by atomic mass is 16.5. The van der Waals surface area contributed by atoms with E-state index in [4.69, 9.17) is 4.74 Å². The summed E-state index contributed by atoms with van der Waals surface area (Å²) < 4.78 is 5.65. The Labute approximate surface area is 142 Å². The highest BCUT2D eigenvalue weighted by molar-refractivity contribution is 5.15. The molecule has 1 aliphatic carbocycles. The van der Waals surface area contributed by atoms with Gasteiger partial charge in [-0.25, -0.2) is 0 Å². The minimum Gasteiger partial charge on any atom is -0.477 e. The first-order valence-electron chi connectivity index (χ1n) is 9.79. The van der Waals surface area contributed by atoms with Gasteiger partial charge in [-0.15, -0.1) is 5.10 Å². The Morgan fingerprint density at radius 1 is 0.913 bits per heavy atom. The van der Waals surface area contributed by atoms with Crippen LogP contribution in [0.2, 0.25) is 0 Å². The van der Waals surface area contributed by atoms with E-state index >= 15 is 0 Å². The maximum atomic E-state index is 5.65. The number of rotatable bonds is 10. The minimum absolute atomic E-state index is 0.610. The average molecular weight is 319 g/mol. The van der Waals surface area contributed by atoms with Gasteiger partial charge in [0.05, 0.1) is 12.3 Å². The van der Waals surface area contributed by atoms with Gasteiger partial charge in [0.15, 0.2) is 0 Å². The minimum atomic E-state index is 0.610. The monoisotopic (exact) mass is 318 g/mol. The van der Waals surface area contributed by atoms with Crippen molar-refractivity contribution in [3.63, 3.8) is 0 Å². The number of unbranched alkanes of at least 4 members (excludes halogenated alkanes) is 4. The first-order valence-corrected chi connectivity index (χ1v) is 9.79. The van der Waals surface area contributed by atoms with Gasteiger partial charge in [0.1, 0.15) is 0 Å². The molecule has 0 saturated heterocycles. The van der Waals surface area contributed by atoms with Crippen LogP contribution in [0.3, 0.4) is 0 Å². The zero-order chi connectivity index (χ0) is 16.3. The van der Waals surface area contributed by atoms with Crippen molar-refractivity contribution < 1.29 is 4.74 Å². The molecule has 130 valence electrons. The van der Waals surface area contributed by atoms with E-state index < -0.39 is 0 Å². The van der Waals surface area contributed by atoms with Crippen molar-refractivity contribution in [1.29, 1.82) is 0 Å². The van der Waals surface area contributed by atoms with Gasteiger partial charge >= 0.3 is 0 Å². The number of hydrogen-bond acceptors (Lipinski definition) is 3. The van der Waals surface area contributed by atoms with Crippen molar-refractivity contribution in [2.45, 2.75) is 90.4 Å². The fourth-order valence-corrected chi connectivity index (χ4v) is 3.58. The number of hydrogen-bond donors (Lipinski definition) is 0. The highest BCUT2D eigenvalue weighted by Crippen LogP contribution is 2.37. The van der Waals surface area contributed by atoms with Gasteiger partial charge in [-0.2, -0.15) is 5.10 Å². The summed E-state index contributed by atoms with van der Waals surface area (Å²) in [7, 11) is 0. The maximum Gasteiger partial charge on any atom is 0.233 e. The predicted octanol–water partition coefficient (Wildman–Crippen LogP) is 5.90. The zero-order valence-electron chi connectivity index (χ0n) is 15.1. The van der Waals surface area contributed by atoms with E-state index in [1.807, 2.05) is 6.07 Å². The van der Waals surface area contributed by atoms with Crippen LogP contribution in [0.1, 0.15) is 96.1 Å². The predicted molar refractivity (Wildman–Crippen MR) is 95.9 cm³/mol. The molecule has 1 aliphatic rings. The van der Waals surface area contributed by atoms with Crippen LogP contribution in [0, 0.1) is 5.92 Å². The lowest BCUT2D eigenvalue weighted by atomic mass is 9.78. The quantitative estimate of drug-likeness (QED) is 0.504. The van der Waals surface area contributed by atoms with Crippen molar-refractivity contribution in [3.05, 3.63) is 17.8 Å². The average Bonchev–Trinajstić information content (AvgIpc) is 2.60.